The molecule has 3 rings (SSSR count). The zero-order valence-corrected chi connectivity index (χ0v) is 19.8. The first kappa shape index (κ1) is 26.6. The van der Waals surface area contributed by atoms with E-state index in [-0.39, 0.29) is 36.8 Å². The minimum atomic E-state index is -4.55. The van der Waals surface area contributed by atoms with E-state index in [1.54, 1.807) is 55.7 Å². The van der Waals surface area contributed by atoms with Crippen LogP contribution in [-0.4, -0.2) is 35.5 Å². The molecular formula is C27H26F3NO5. The Labute approximate surface area is 206 Å². The number of carbonyl (C=O) groups is 2. The third-order valence-corrected chi connectivity index (χ3v) is 5.48. The highest BCUT2D eigenvalue weighted by Gasteiger charge is 2.31. The lowest BCUT2D eigenvalue weighted by Gasteiger charge is -2.21. The van der Waals surface area contributed by atoms with Crippen LogP contribution in [0.25, 0.3) is 11.3 Å². The Bertz CT molecular complexity index is 1220. The van der Waals surface area contributed by atoms with Gasteiger partial charge in [0, 0.05) is 36.7 Å². The molecule has 1 amide bonds. The van der Waals surface area contributed by atoms with E-state index in [0.29, 0.717) is 17.7 Å². The summed E-state index contributed by atoms with van der Waals surface area (Å²) in [4.78, 5) is 25.0. The average Bonchev–Trinajstić information content (AvgIpc) is 3.37. The Hall–Kier alpha value is -4.01. The largest absolute Gasteiger partial charge is 0.489 e. The van der Waals surface area contributed by atoms with Gasteiger partial charge in [-0.2, -0.15) is 13.2 Å². The summed E-state index contributed by atoms with van der Waals surface area (Å²) in [5.74, 6) is -0.427. The molecule has 0 bridgehead atoms. The number of benzene rings is 2. The quantitative estimate of drug-likeness (QED) is 0.324. The second-order valence-corrected chi connectivity index (χ2v) is 8.29. The molecule has 6 nitrogen and oxygen atoms in total. The zero-order chi connectivity index (χ0) is 26.3. The van der Waals surface area contributed by atoms with Gasteiger partial charge >= 0.3 is 12.1 Å². The normalized spacial score (nSPS) is 11.9. The van der Waals surface area contributed by atoms with Crippen molar-refractivity contribution in [2.75, 3.05) is 13.7 Å². The summed E-state index contributed by atoms with van der Waals surface area (Å²) in [5.41, 5.74) is 1.31. The molecular weight excluding hydrogens is 475 g/mol. The standard InChI is InChI=1S/C27H26F3NO5/c1-18(5-12-25(32)33)13-15-36-24-11-10-22(27(28,29)30)16-21(24)17-31(2)26(34)20-8-6-19(7-9-20)23-4-3-14-35-23/h3-4,6-11,13-14,16H,5,12,15,17H2,1-2H3,(H,32,33). The van der Waals surface area contributed by atoms with Crippen molar-refractivity contribution in [1.29, 1.82) is 0 Å². The number of aliphatic carboxylic acids is 1. The highest BCUT2D eigenvalue weighted by Crippen LogP contribution is 2.33. The van der Waals surface area contributed by atoms with E-state index >= 15 is 0 Å². The van der Waals surface area contributed by atoms with E-state index in [0.717, 1.165) is 23.3 Å². The van der Waals surface area contributed by atoms with Crippen molar-refractivity contribution >= 4 is 11.9 Å². The molecule has 0 saturated carbocycles. The first-order chi connectivity index (χ1) is 17.0. The third kappa shape index (κ3) is 7.24. The van der Waals surface area contributed by atoms with Crippen LogP contribution < -0.4 is 4.74 Å². The number of hydrogen-bond donors (Lipinski definition) is 1. The van der Waals surface area contributed by atoms with Gasteiger partial charge in [-0.25, -0.2) is 0 Å². The van der Waals surface area contributed by atoms with Gasteiger partial charge in [-0.3, -0.25) is 9.59 Å². The lowest BCUT2D eigenvalue weighted by molar-refractivity contribution is -0.138. The van der Waals surface area contributed by atoms with Crippen LogP contribution in [0.4, 0.5) is 13.2 Å². The number of carboxylic acids is 1. The minimum absolute atomic E-state index is 0.0245. The van der Waals surface area contributed by atoms with Gasteiger partial charge in [-0.1, -0.05) is 17.7 Å². The third-order valence-electron chi connectivity index (χ3n) is 5.48. The van der Waals surface area contributed by atoms with E-state index in [1.807, 2.05) is 0 Å². The Kier molecular flexibility index (Phi) is 8.58. The fraction of sp³-hybridized carbons (Fsp3) is 0.259. The summed E-state index contributed by atoms with van der Waals surface area (Å²) in [6, 6.07) is 13.4. The van der Waals surface area contributed by atoms with E-state index in [1.165, 1.54) is 18.0 Å². The summed E-state index contributed by atoms with van der Waals surface area (Å²) in [6.07, 6.45) is -1.01. The SMILES string of the molecule is CC(=CCOc1ccc(C(F)(F)F)cc1CN(C)C(=O)c1ccc(-c2ccco2)cc1)CCC(=O)O. The van der Waals surface area contributed by atoms with Crippen molar-refractivity contribution in [2.24, 2.45) is 0 Å². The number of alkyl halides is 3. The predicted octanol–water partition coefficient (Wildman–Crippen LogP) is 6.43. The molecule has 1 N–H and O–H groups in total. The van der Waals surface area contributed by atoms with Gasteiger partial charge < -0.3 is 19.2 Å². The summed E-state index contributed by atoms with van der Waals surface area (Å²) in [6.45, 7) is 1.69. The van der Waals surface area contributed by atoms with Gasteiger partial charge in [0.05, 0.1) is 11.8 Å². The van der Waals surface area contributed by atoms with Crippen molar-refractivity contribution in [2.45, 2.75) is 32.5 Å². The van der Waals surface area contributed by atoms with Crippen LogP contribution in [0.15, 0.2) is 76.9 Å². The van der Waals surface area contributed by atoms with Crippen LogP contribution >= 0.6 is 0 Å². The summed E-state index contributed by atoms with van der Waals surface area (Å²) < 4.78 is 51.0. The molecule has 1 heterocycles. The average molecular weight is 502 g/mol. The van der Waals surface area contributed by atoms with Crippen LogP contribution in [0.3, 0.4) is 0 Å². The molecule has 0 aliphatic rings. The first-order valence-corrected chi connectivity index (χ1v) is 11.1. The maximum atomic E-state index is 13.3. The maximum absolute atomic E-state index is 13.3. The number of furan rings is 1. The zero-order valence-electron chi connectivity index (χ0n) is 19.8. The molecule has 0 saturated heterocycles. The smallest absolute Gasteiger partial charge is 0.416 e. The van der Waals surface area contributed by atoms with E-state index in [2.05, 4.69) is 0 Å². The Balaban J connectivity index is 1.75. The molecule has 36 heavy (non-hydrogen) atoms. The number of carboxylic acid groups (broad SMARTS) is 1. The molecule has 0 aliphatic heterocycles. The van der Waals surface area contributed by atoms with Crippen LogP contribution in [-0.2, 0) is 17.5 Å². The highest BCUT2D eigenvalue weighted by atomic mass is 19.4. The Morgan fingerprint density at radius 3 is 2.42 bits per heavy atom. The highest BCUT2D eigenvalue weighted by molar-refractivity contribution is 5.94. The van der Waals surface area contributed by atoms with Crippen molar-refractivity contribution in [3.05, 3.63) is 89.2 Å². The van der Waals surface area contributed by atoms with Gasteiger partial charge in [0.2, 0.25) is 0 Å². The van der Waals surface area contributed by atoms with Crippen molar-refractivity contribution in [3.63, 3.8) is 0 Å². The maximum Gasteiger partial charge on any atom is 0.416 e. The molecule has 0 unspecified atom stereocenters. The van der Waals surface area contributed by atoms with E-state index in [4.69, 9.17) is 14.3 Å². The molecule has 190 valence electrons. The molecule has 0 atom stereocenters. The molecule has 9 heteroatoms. The first-order valence-electron chi connectivity index (χ1n) is 11.1. The summed E-state index contributed by atoms with van der Waals surface area (Å²) in [5, 5.41) is 8.77. The van der Waals surface area contributed by atoms with E-state index in [9.17, 15) is 22.8 Å². The second kappa shape index (κ2) is 11.6. The molecule has 0 spiro atoms. The van der Waals surface area contributed by atoms with Gasteiger partial charge in [0.15, 0.2) is 0 Å². The summed E-state index contributed by atoms with van der Waals surface area (Å²) >= 11 is 0. The van der Waals surface area contributed by atoms with Crippen molar-refractivity contribution < 1.29 is 37.0 Å². The minimum Gasteiger partial charge on any atom is -0.489 e. The molecule has 1 aromatic heterocycles. The summed E-state index contributed by atoms with van der Waals surface area (Å²) in [7, 11) is 1.50. The van der Waals surface area contributed by atoms with Gasteiger partial charge in [0.1, 0.15) is 18.1 Å². The number of allylic oxidation sites excluding steroid dienone is 1. The fourth-order valence-electron chi connectivity index (χ4n) is 3.47. The van der Waals surface area contributed by atoms with Crippen LogP contribution in [0.2, 0.25) is 0 Å². The van der Waals surface area contributed by atoms with Crippen LogP contribution in [0.1, 0.15) is 41.3 Å². The van der Waals surface area contributed by atoms with Crippen LogP contribution in [0.5, 0.6) is 5.75 Å². The molecule has 2 aromatic carbocycles. The number of ether oxygens (including phenoxy) is 1. The molecule has 0 aliphatic carbocycles. The van der Waals surface area contributed by atoms with Gasteiger partial charge in [0.25, 0.3) is 5.91 Å². The second-order valence-electron chi connectivity index (χ2n) is 8.29. The monoisotopic (exact) mass is 501 g/mol. The molecule has 3 aromatic rings. The number of amides is 1. The number of carbonyl (C=O) groups excluding carboxylic acids is 1. The molecule has 0 fully saturated rings. The van der Waals surface area contributed by atoms with E-state index < -0.39 is 17.7 Å². The predicted molar refractivity (Wildman–Crippen MR) is 128 cm³/mol. The van der Waals surface area contributed by atoms with Gasteiger partial charge in [-0.05, 0) is 61.9 Å². The molecule has 0 radical (unpaired) electrons. The Morgan fingerprint density at radius 1 is 1.08 bits per heavy atom. The Morgan fingerprint density at radius 2 is 1.81 bits per heavy atom. The lowest BCUT2D eigenvalue weighted by atomic mass is 10.1. The number of rotatable bonds is 10. The van der Waals surface area contributed by atoms with Crippen LogP contribution in [0, 0.1) is 0 Å². The number of hydrogen-bond acceptors (Lipinski definition) is 4. The fourth-order valence-corrected chi connectivity index (χ4v) is 3.47. The number of nitrogens with zero attached hydrogens (tertiary/aromatic N) is 1. The number of halogens is 3. The topological polar surface area (TPSA) is 80.0 Å². The van der Waals surface area contributed by atoms with Crippen molar-refractivity contribution in [3.8, 4) is 17.1 Å². The van der Waals surface area contributed by atoms with Gasteiger partial charge in [-0.15, -0.1) is 0 Å². The lowest BCUT2D eigenvalue weighted by Crippen LogP contribution is -2.26. The van der Waals surface area contributed by atoms with Crippen molar-refractivity contribution in [1.82, 2.24) is 4.90 Å².